The zero-order chi connectivity index (χ0) is 40.7. The van der Waals surface area contributed by atoms with E-state index in [1.807, 2.05) is 6.20 Å². The molecule has 0 radical (unpaired) electrons. The number of hydrogen-bond donors (Lipinski definition) is 0. The van der Waals surface area contributed by atoms with E-state index in [-0.39, 0.29) is 21.9 Å². The Labute approximate surface area is 344 Å². The van der Waals surface area contributed by atoms with Crippen LogP contribution in [-0.2, 0) is 29.2 Å². The predicted octanol–water partition coefficient (Wildman–Crippen LogP) is 12.9. The van der Waals surface area contributed by atoms with Gasteiger partial charge < -0.3 is 9.64 Å². The van der Waals surface area contributed by atoms with Crippen molar-refractivity contribution in [1.29, 1.82) is 0 Å². The van der Waals surface area contributed by atoms with Gasteiger partial charge in [-0.25, -0.2) is 4.98 Å². The standard InChI is InChI=1S/C53H54N4O/c1-31-21-34(4)47-37(22-31)26-36-25-33(3)46(29-41(36)48-55-52(10)30-35-15-12-13-16-42(35)53(52,11)57(47)48)58-40-24-32(2)23-39(28-40)56-45-19-18-38(50(5,6)7)27-44(45)51(8,9)43-17-14-20-54-49(43)56/h12-25,27-29H,26,30H2,1-11H3/t52-,53+/m1/s1. The van der Waals surface area contributed by atoms with E-state index in [1.54, 1.807) is 0 Å². The van der Waals surface area contributed by atoms with E-state index in [4.69, 9.17) is 14.7 Å². The van der Waals surface area contributed by atoms with E-state index in [9.17, 15) is 0 Å². The van der Waals surface area contributed by atoms with Crippen molar-refractivity contribution in [2.75, 3.05) is 9.80 Å². The van der Waals surface area contributed by atoms with Crippen LogP contribution in [-0.4, -0.2) is 16.4 Å². The molecule has 0 spiro atoms. The van der Waals surface area contributed by atoms with Crippen molar-refractivity contribution in [3.05, 3.63) is 170 Å². The molecule has 6 aromatic rings. The van der Waals surface area contributed by atoms with E-state index >= 15 is 0 Å². The molecule has 1 aliphatic carbocycles. The quantitative estimate of drug-likeness (QED) is 0.180. The number of anilines is 4. The van der Waals surface area contributed by atoms with Crippen molar-refractivity contribution in [3.8, 4) is 11.5 Å². The molecule has 4 heterocycles. The van der Waals surface area contributed by atoms with Crippen molar-refractivity contribution in [2.24, 2.45) is 4.99 Å². The van der Waals surface area contributed by atoms with Gasteiger partial charge >= 0.3 is 0 Å². The summed E-state index contributed by atoms with van der Waals surface area (Å²) in [5.41, 5.74) is 17.8. The van der Waals surface area contributed by atoms with Crippen molar-refractivity contribution in [3.63, 3.8) is 0 Å². The van der Waals surface area contributed by atoms with Gasteiger partial charge in [-0.15, -0.1) is 0 Å². The second-order valence-corrected chi connectivity index (χ2v) is 19.4. The maximum Gasteiger partial charge on any atom is 0.141 e. The fourth-order valence-corrected chi connectivity index (χ4v) is 10.7. The van der Waals surface area contributed by atoms with Gasteiger partial charge in [0, 0.05) is 47.3 Å². The molecule has 1 aromatic heterocycles. The monoisotopic (exact) mass is 762 g/mol. The maximum absolute atomic E-state index is 7.06. The number of pyridine rings is 1. The van der Waals surface area contributed by atoms with Crippen molar-refractivity contribution >= 4 is 28.7 Å². The number of benzene rings is 5. The van der Waals surface area contributed by atoms with Crippen molar-refractivity contribution < 1.29 is 4.74 Å². The summed E-state index contributed by atoms with van der Waals surface area (Å²) < 4.78 is 7.06. The minimum absolute atomic E-state index is 0.0294. The summed E-state index contributed by atoms with van der Waals surface area (Å²) in [6.45, 7) is 25.1. The Balaban J connectivity index is 1.10. The summed E-state index contributed by atoms with van der Waals surface area (Å²) in [4.78, 5) is 15.7. The zero-order valence-electron chi connectivity index (χ0n) is 35.9. The van der Waals surface area contributed by atoms with Crippen LogP contribution in [0.1, 0.15) is 115 Å². The summed E-state index contributed by atoms with van der Waals surface area (Å²) in [6, 6.07) is 36.2. The topological polar surface area (TPSA) is 41.0 Å². The maximum atomic E-state index is 7.06. The zero-order valence-corrected chi connectivity index (χ0v) is 35.9. The fourth-order valence-electron chi connectivity index (χ4n) is 10.7. The van der Waals surface area contributed by atoms with Gasteiger partial charge in [-0.2, -0.15) is 0 Å². The first-order valence-electron chi connectivity index (χ1n) is 20.9. The smallest absolute Gasteiger partial charge is 0.141 e. The van der Waals surface area contributed by atoms with Gasteiger partial charge in [0.25, 0.3) is 0 Å². The third-order valence-corrected chi connectivity index (χ3v) is 13.9. The summed E-state index contributed by atoms with van der Waals surface area (Å²) in [5.74, 6) is 3.64. The Kier molecular flexibility index (Phi) is 7.69. The number of ether oxygens (including phenoxy) is 1. The molecule has 10 rings (SSSR count). The second kappa shape index (κ2) is 12.2. The lowest BCUT2D eigenvalue weighted by Gasteiger charge is -2.43. The first-order chi connectivity index (χ1) is 27.5. The number of amidine groups is 1. The van der Waals surface area contributed by atoms with Gasteiger partial charge in [0.15, 0.2) is 0 Å². The Morgan fingerprint density at radius 2 is 1.45 bits per heavy atom. The van der Waals surface area contributed by atoms with E-state index in [0.717, 1.165) is 64.1 Å². The lowest BCUT2D eigenvalue weighted by molar-refractivity contribution is 0.321. The molecule has 0 N–H and O–H groups in total. The van der Waals surface area contributed by atoms with E-state index in [1.165, 1.54) is 55.8 Å². The Morgan fingerprint density at radius 3 is 2.24 bits per heavy atom. The van der Waals surface area contributed by atoms with Crippen LogP contribution in [0.25, 0.3) is 0 Å². The highest BCUT2D eigenvalue weighted by molar-refractivity contribution is 6.16. The molecular formula is C53H54N4O. The molecule has 0 fully saturated rings. The number of aryl methyl sites for hydroxylation is 4. The molecule has 0 saturated carbocycles. The van der Waals surface area contributed by atoms with Gasteiger partial charge in [0.1, 0.15) is 23.2 Å². The van der Waals surface area contributed by atoms with Gasteiger partial charge in [0.2, 0.25) is 0 Å². The molecule has 4 aliphatic rings. The van der Waals surface area contributed by atoms with Crippen molar-refractivity contribution in [2.45, 2.75) is 111 Å². The molecule has 3 aliphatic heterocycles. The number of hydrogen-bond acceptors (Lipinski definition) is 5. The Bertz CT molecular complexity index is 2770. The molecule has 5 nitrogen and oxygen atoms in total. The number of fused-ring (bicyclic) bond motifs is 11. The van der Waals surface area contributed by atoms with Crippen LogP contribution in [0.4, 0.5) is 22.9 Å². The van der Waals surface area contributed by atoms with Gasteiger partial charge in [0.05, 0.1) is 22.5 Å². The van der Waals surface area contributed by atoms with Crippen molar-refractivity contribution in [1.82, 2.24) is 4.98 Å². The predicted molar refractivity (Wildman–Crippen MR) is 239 cm³/mol. The SMILES string of the molecule is Cc1cc(Oc2cc3c(cc2C)Cc2cc(C)cc(C)c2N2C3=N[C@]3(C)Cc4ccccc4[C@]23C)cc(N2c3ccc(C(C)(C)C)cc3C(C)(C)c3cccnc32)c1. The van der Waals surface area contributed by atoms with Crippen LogP contribution >= 0.6 is 0 Å². The number of rotatable bonds is 3. The van der Waals surface area contributed by atoms with Crippen LogP contribution in [0.15, 0.2) is 108 Å². The summed E-state index contributed by atoms with van der Waals surface area (Å²) in [6.07, 6.45) is 3.65. The highest BCUT2D eigenvalue weighted by atomic mass is 16.5. The Hall–Kier alpha value is -5.68. The molecule has 5 heteroatoms. The molecule has 0 amide bonds. The van der Waals surface area contributed by atoms with Crippen LogP contribution in [0.2, 0.25) is 0 Å². The van der Waals surface area contributed by atoms with Gasteiger partial charge in [-0.3, -0.25) is 9.89 Å². The minimum atomic E-state index is -0.343. The van der Waals surface area contributed by atoms with E-state index in [0.29, 0.717) is 0 Å². The normalized spacial score (nSPS) is 20.8. The molecule has 58 heavy (non-hydrogen) atoms. The second-order valence-electron chi connectivity index (χ2n) is 19.4. The molecular weight excluding hydrogens is 709 g/mol. The molecule has 2 atom stereocenters. The number of aliphatic imine (C=N–C) groups is 1. The molecule has 0 saturated heterocycles. The highest BCUT2D eigenvalue weighted by Gasteiger charge is 2.62. The minimum Gasteiger partial charge on any atom is -0.457 e. The third kappa shape index (κ3) is 5.14. The highest BCUT2D eigenvalue weighted by Crippen LogP contribution is 2.58. The molecule has 292 valence electrons. The van der Waals surface area contributed by atoms with Crippen LogP contribution in [0.5, 0.6) is 11.5 Å². The first kappa shape index (κ1) is 36.6. The first-order valence-corrected chi connectivity index (χ1v) is 20.9. The largest absolute Gasteiger partial charge is 0.457 e. The molecule has 5 aromatic carbocycles. The van der Waals surface area contributed by atoms with Crippen LogP contribution < -0.4 is 14.5 Å². The van der Waals surface area contributed by atoms with Gasteiger partial charge in [-0.1, -0.05) is 101 Å². The van der Waals surface area contributed by atoms with Crippen LogP contribution in [0, 0.1) is 27.7 Å². The summed E-state index contributed by atoms with van der Waals surface area (Å²) in [5, 5.41) is 0. The lowest BCUT2D eigenvalue weighted by atomic mass is 9.72. The van der Waals surface area contributed by atoms with Gasteiger partial charge in [-0.05, 0) is 127 Å². The summed E-state index contributed by atoms with van der Waals surface area (Å²) in [7, 11) is 0. The lowest BCUT2D eigenvalue weighted by Crippen LogP contribution is -2.52. The van der Waals surface area contributed by atoms with E-state index in [2.05, 4.69) is 183 Å². The van der Waals surface area contributed by atoms with Crippen LogP contribution in [0.3, 0.4) is 0 Å². The average Bonchev–Trinajstić information content (AvgIpc) is 3.45. The summed E-state index contributed by atoms with van der Waals surface area (Å²) >= 11 is 0. The fraction of sp³-hybridized carbons (Fsp3) is 0.321. The van der Waals surface area contributed by atoms with E-state index < -0.39 is 0 Å². The number of aromatic nitrogens is 1. The number of nitrogens with zero attached hydrogens (tertiary/aromatic N) is 4. The Morgan fingerprint density at radius 1 is 0.690 bits per heavy atom. The molecule has 0 bridgehead atoms. The molecule has 0 unspecified atom stereocenters. The average molecular weight is 763 g/mol. The third-order valence-electron chi connectivity index (χ3n) is 13.9.